The van der Waals surface area contributed by atoms with Crippen molar-refractivity contribution in [2.75, 3.05) is 0 Å². The average Bonchev–Trinajstić information content (AvgIpc) is 3.39. The van der Waals surface area contributed by atoms with Crippen molar-refractivity contribution in [2.45, 2.75) is 6.54 Å². The molecule has 0 N–H and O–H groups in total. The van der Waals surface area contributed by atoms with Gasteiger partial charge in [0.1, 0.15) is 0 Å². The summed E-state index contributed by atoms with van der Waals surface area (Å²) in [5.41, 5.74) is 2.11. The first-order valence-electron chi connectivity index (χ1n) is 10.2. The van der Waals surface area contributed by atoms with Crippen molar-refractivity contribution in [1.82, 2.24) is 9.47 Å². The molecule has 5 rings (SSSR count). The van der Waals surface area contributed by atoms with Gasteiger partial charge in [-0.15, -0.1) is 0 Å². The molecule has 1 aliphatic heterocycles. The zero-order valence-electron chi connectivity index (χ0n) is 17.3. The minimum absolute atomic E-state index is 0.0254. The van der Waals surface area contributed by atoms with E-state index in [1.165, 1.54) is 17.0 Å². The first kappa shape index (κ1) is 20.7. The van der Waals surface area contributed by atoms with Crippen LogP contribution in [0.3, 0.4) is 0 Å². The molecule has 0 saturated carbocycles. The number of hydrogen-bond acceptors (Lipinski definition) is 5. The summed E-state index contributed by atoms with van der Waals surface area (Å²) < 4.78 is 1.74. The molecule has 1 fully saturated rings. The summed E-state index contributed by atoms with van der Waals surface area (Å²) in [4.78, 5) is 38.0. The minimum Gasteiger partial charge on any atom is -0.317 e. The predicted molar refractivity (Wildman–Crippen MR) is 128 cm³/mol. The van der Waals surface area contributed by atoms with Crippen molar-refractivity contribution in [3.05, 3.63) is 111 Å². The van der Waals surface area contributed by atoms with Crippen LogP contribution in [-0.2, 0) is 11.3 Å². The number of non-ortho nitro benzene ring substituents is 1. The molecule has 4 aromatic rings. The topological polar surface area (TPSA) is 85.5 Å². The molecule has 7 nitrogen and oxygen atoms in total. The Morgan fingerprint density at radius 1 is 0.939 bits per heavy atom. The first-order valence-corrected chi connectivity index (χ1v) is 11.0. The fraction of sp³-hybridized carbons (Fsp3) is 0.0400. The number of rotatable bonds is 5. The SMILES string of the molecule is O=C1S/C(=C/c2cccn2-c2cccc([N+](=O)[O-])c2)C(=O)N1Cc1cccc2ccccc12. The van der Waals surface area contributed by atoms with Gasteiger partial charge in [-0.2, -0.15) is 0 Å². The smallest absolute Gasteiger partial charge is 0.293 e. The van der Waals surface area contributed by atoms with E-state index in [0.717, 1.165) is 28.1 Å². The van der Waals surface area contributed by atoms with Crippen molar-refractivity contribution < 1.29 is 14.5 Å². The zero-order chi connectivity index (χ0) is 22.9. The van der Waals surface area contributed by atoms with Crippen molar-refractivity contribution in [2.24, 2.45) is 0 Å². The van der Waals surface area contributed by atoms with Gasteiger partial charge < -0.3 is 4.57 Å². The molecule has 1 aromatic heterocycles. The van der Waals surface area contributed by atoms with Crippen LogP contribution < -0.4 is 0 Å². The van der Waals surface area contributed by atoms with E-state index in [0.29, 0.717) is 16.3 Å². The molecule has 0 radical (unpaired) electrons. The van der Waals surface area contributed by atoms with Crippen molar-refractivity contribution in [3.8, 4) is 5.69 Å². The first-order chi connectivity index (χ1) is 16.0. The lowest BCUT2D eigenvalue weighted by Gasteiger charge is -2.14. The van der Waals surface area contributed by atoms with Gasteiger partial charge >= 0.3 is 0 Å². The van der Waals surface area contributed by atoms with Crippen molar-refractivity contribution in [3.63, 3.8) is 0 Å². The maximum Gasteiger partial charge on any atom is 0.293 e. The van der Waals surface area contributed by atoms with Crippen LogP contribution in [-0.4, -0.2) is 25.5 Å². The number of thioether (sulfide) groups is 1. The van der Waals surface area contributed by atoms with E-state index in [9.17, 15) is 19.7 Å². The molecular weight excluding hydrogens is 438 g/mol. The van der Waals surface area contributed by atoms with Crippen molar-refractivity contribution in [1.29, 1.82) is 0 Å². The molecule has 0 aliphatic carbocycles. The Bertz CT molecular complexity index is 1450. The highest BCUT2D eigenvalue weighted by molar-refractivity contribution is 8.18. The summed E-state index contributed by atoms with van der Waals surface area (Å²) in [6.45, 7) is 0.190. The predicted octanol–water partition coefficient (Wildman–Crippen LogP) is 5.78. The monoisotopic (exact) mass is 455 g/mol. The average molecular weight is 455 g/mol. The Morgan fingerprint density at radius 3 is 2.58 bits per heavy atom. The number of carbonyl (C=O) groups excluding carboxylic acids is 2. The number of aromatic nitrogens is 1. The lowest BCUT2D eigenvalue weighted by atomic mass is 10.0. The summed E-state index contributed by atoms with van der Waals surface area (Å²) >= 11 is 0.894. The molecular formula is C25H17N3O4S. The Morgan fingerprint density at radius 2 is 1.73 bits per heavy atom. The summed E-state index contributed by atoms with van der Waals surface area (Å²) in [5, 5.41) is 12.9. The van der Waals surface area contributed by atoms with Gasteiger partial charge in [-0.3, -0.25) is 24.6 Å². The van der Waals surface area contributed by atoms with Crippen molar-refractivity contribution >= 4 is 45.4 Å². The van der Waals surface area contributed by atoms with Crippen LogP contribution in [0.1, 0.15) is 11.3 Å². The number of imide groups is 1. The fourth-order valence-corrected chi connectivity index (χ4v) is 4.70. The summed E-state index contributed by atoms with van der Waals surface area (Å²) in [7, 11) is 0. The number of benzene rings is 3. The maximum absolute atomic E-state index is 13.1. The molecule has 0 unspecified atom stereocenters. The highest BCUT2D eigenvalue weighted by Crippen LogP contribution is 2.34. The van der Waals surface area contributed by atoms with Crippen LogP contribution in [0.5, 0.6) is 0 Å². The molecule has 1 saturated heterocycles. The van der Waals surface area contributed by atoms with E-state index in [2.05, 4.69) is 0 Å². The number of nitro benzene ring substituents is 1. The summed E-state index contributed by atoms with van der Waals surface area (Å²) in [5.74, 6) is -0.357. The van der Waals surface area contributed by atoms with E-state index in [4.69, 9.17) is 0 Å². The van der Waals surface area contributed by atoms with Gasteiger partial charge in [-0.1, -0.05) is 48.5 Å². The van der Waals surface area contributed by atoms with Crippen LogP contribution in [0.15, 0.2) is 90.0 Å². The highest BCUT2D eigenvalue weighted by Gasteiger charge is 2.35. The molecule has 2 heterocycles. The second kappa shape index (κ2) is 8.40. The number of hydrogen-bond donors (Lipinski definition) is 0. The lowest BCUT2D eigenvalue weighted by Crippen LogP contribution is -2.27. The van der Waals surface area contributed by atoms with Crippen LogP contribution in [0.2, 0.25) is 0 Å². The van der Waals surface area contributed by atoms with Crippen LogP contribution in [0, 0.1) is 10.1 Å². The Labute approximate surface area is 193 Å². The lowest BCUT2D eigenvalue weighted by molar-refractivity contribution is -0.384. The van der Waals surface area contributed by atoms with Crippen LogP contribution in [0.25, 0.3) is 22.5 Å². The normalized spacial score (nSPS) is 15.0. The minimum atomic E-state index is -0.453. The Hall–Kier alpha value is -4.17. The van der Waals surface area contributed by atoms with Gasteiger partial charge in [-0.25, -0.2) is 0 Å². The molecule has 8 heteroatoms. The number of fused-ring (bicyclic) bond motifs is 1. The summed E-state index contributed by atoms with van der Waals surface area (Å²) in [6, 6.07) is 23.5. The van der Waals surface area contributed by atoms with Gasteiger partial charge in [0.2, 0.25) is 0 Å². The van der Waals surface area contributed by atoms with E-state index in [1.807, 2.05) is 42.5 Å². The van der Waals surface area contributed by atoms with Crippen LogP contribution in [0.4, 0.5) is 10.5 Å². The number of carbonyl (C=O) groups is 2. The van der Waals surface area contributed by atoms with E-state index in [-0.39, 0.29) is 23.4 Å². The Kier molecular flexibility index (Phi) is 5.27. The second-order valence-corrected chi connectivity index (χ2v) is 8.48. The molecule has 33 heavy (non-hydrogen) atoms. The maximum atomic E-state index is 13.1. The molecule has 0 atom stereocenters. The third-order valence-corrected chi connectivity index (χ3v) is 6.37. The third kappa shape index (κ3) is 3.92. The number of nitrogens with zero attached hydrogens (tertiary/aromatic N) is 3. The second-order valence-electron chi connectivity index (χ2n) is 7.49. The molecule has 162 valence electrons. The van der Waals surface area contributed by atoms with E-state index in [1.54, 1.807) is 41.1 Å². The van der Waals surface area contributed by atoms with Crippen LogP contribution >= 0.6 is 11.8 Å². The molecule has 1 aliphatic rings. The molecule has 0 spiro atoms. The quantitative estimate of drug-likeness (QED) is 0.216. The number of nitro groups is 1. The largest absolute Gasteiger partial charge is 0.317 e. The van der Waals surface area contributed by atoms with Gasteiger partial charge in [0.15, 0.2) is 0 Å². The van der Waals surface area contributed by atoms with E-state index < -0.39 is 4.92 Å². The van der Waals surface area contributed by atoms with Gasteiger partial charge in [-0.05, 0) is 52.4 Å². The molecule has 2 amide bonds. The molecule has 0 bridgehead atoms. The molecule has 3 aromatic carbocycles. The number of amides is 2. The summed E-state index contributed by atoms with van der Waals surface area (Å²) in [6.07, 6.45) is 3.40. The fourth-order valence-electron chi connectivity index (χ4n) is 3.87. The van der Waals surface area contributed by atoms with E-state index >= 15 is 0 Å². The highest BCUT2D eigenvalue weighted by atomic mass is 32.2. The standard InChI is InChI=1S/C25H17N3O4S/c29-24-23(15-20-11-5-13-26(20)19-9-4-10-21(14-19)28(31)32)33-25(30)27(24)16-18-8-3-7-17-6-1-2-12-22(17)18/h1-15H,16H2/b23-15+. The third-order valence-electron chi connectivity index (χ3n) is 5.46. The van der Waals surface area contributed by atoms with Gasteiger partial charge in [0, 0.05) is 24.0 Å². The zero-order valence-corrected chi connectivity index (χ0v) is 18.1. The van der Waals surface area contributed by atoms with Gasteiger partial charge in [0.25, 0.3) is 16.8 Å². The Balaban J connectivity index is 1.44. The van der Waals surface area contributed by atoms with Gasteiger partial charge in [0.05, 0.1) is 22.1 Å².